The van der Waals surface area contributed by atoms with Gasteiger partial charge in [0.1, 0.15) is 0 Å². The van der Waals surface area contributed by atoms with E-state index in [0.717, 1.165) is 6.54 Å². The largest absolute Gasteiger partial charge is 0.493 e. The van der Waals surface area contributed by atoms with Crippen molar-refractivity contribution < 1.29 is 14.3 Å². The molecule has 0 aliphatic heterocycles. The molecule has 1 atom stereocenters. The van der Waals surface area contributed by atoms with E-state index in [2.05, 4.69) is 10.6 Å². The van der Waals surface area contributed by atoms with Gasteiger partial charge >= 0.3 is 0 Å². The van der Waals surface area contributed by atoms with Crippen LogP contribution in [-0.2, 0) is 4.79 Å². The van der Waals surface area contributed by atoms with Gasteiger partial charge < -0.3 is 20.1 Å². The van der Waals surface area contributed by atoms with Crippen molar-refractivity contribution in [2.45, 2.75) is 13.8 Å². The van der Waals surface area contributed by atoms with E-state index in [1.165, 1.54) is 14.2 Å². The van der Waals surface area contributed by atoms with Gasteiger partial charge in [-0.25, -0.2) is 0 Å². The molecule has 1 unspecified atom stereocenters. The lowest BCUT2D eigenvalue weighted by Crippen LogP contribution is -2.30. The van der Waals surface area contributed by atoms with E-state index >= 15 is 0 Å². The third-order valence-electron chi connectivity index (χ3n) is 2.88. The molecule has 1 aromatic rings. The predicted octanol–water partition coefficient (Wildman–Crippen LogP) is 2.54. The molecule has 1 amide bonds. The van der Waals surface area contributed by atoms with Gasteiger partial charge in [0.15, 0.2) is 11.5 Å². The molecule has 0 bridgehead atoms. The molecule has 0 aliphatic carbocycles. The number of methoxy groups -OCH3 is 2. The molecule has 0 heterocycles. The van der Waals surface area contributed by atoms with Gasteiger partial charge in [-0.05, 0) is 6.54 Å². The fourth-order valence-electron chi connectivity index (χ4n) is 1.66. The second-order valence-electron chi connectivity index (χ2n) is 4.39. The molecule has 0 radical (unpaired) electrons. The maximum atomic E-state index is 12.0. The van der Waals surface area contributed by atoms with Crippen molar-refractivity contribution in [3.8, 4) is 11.5 Å². The summed E-state index contributed by atoms with van der Waals surface area (Å²) >= 11 is 6.12. The smallest absolute Gasteiger partial charge is 0.228 e. The number of anilines is 1. The summed E-state index contributed by atoms with van der Waals surface area (Å²) in [5, 5.41) is 6.34. The third kappa shape index (κ3) is 4.28. The van der Waals surface area contributed by atoms with Gasteiger partial charge in [0.25, 0.3) is 0 Å². The highest BCUT2D eigenvalue weighted by molar-refractivity contribution is 6.34. The Morgan fingerprint density at radius 2 is 1.90 bits per heavy atom. The zero-order valence-electron chi connectivity index (χ0n) is 12.2. The van der Waals surface area contributed by atoms with Crippen molar-refractivity contribution in [2.75, 3.05) is 32.6 Å². The highest BCUT2D eigenvalue weighted by Gasteiger charge is 2.16. The van der Waals surface area contributed by atoms with Crippen LogP contribution in [0.3, 0.4) is 0 Å². The molecule has 112 valence electrons. The number of hydrogen-bond acceptors (Lipinski definition) is 4. The summed E-state index contributed by atoms with van der Waals surface area (Å²) in [7, 11) is 3.07. The van der Waals surface area contributed by atoms with E-state index in [9.17, 15) is 4.79 Å². The first kappa shape index (κ1) is 16.6. The summed E-state index contributed by atoms with van der Waals surface area (Å²) < 4.78 is 10.3. The van der Waals surface area contributed by atoms with Crippen LogP contribution in [0.2, 0.25) is 5.02 Å². The fraction of sp³-hybridized carbons (Fsp3) is 0.500. The van der Waals surface area contributed by atoms with Gasteiger partial charge in [-0.15, -0.1) is 0 Å². The average molecular weight is 301 g/mol. The van der Waals surface area contributed by atoms with Gasteiger partial charge in [0.05, 0.1) is 24.9 Å². The molecule has 2 N–H and O–H groups in total. The Morgan fingerprint density at radius 3 is 2.45 bits per heavy atom. The van der Waals surface area contributed by atoms with Crippen LogP contribution in [0.1, 0.15) is 13.8 Å². The van der Waals surface area contributed by atoms with Gasteiger partial charge in [0.2, 0.25) is 5.91 Å². The lowest BCUT2D eigenvalue weighted by atomic mass is 10.1. The van der Waals surface area contributed by atoms with E-state index < -0.39 is 0 Å². The Kier molecular flexibility index (Phi) is 6.61. The summed E-state index contributed by atoms with van der Waals surface area (Å²) in [4.78, 5) is 12.0. The van der Waals surface area contributed by atoms with Crippen molar-refractivity contribution in [3.63, 3.8) is 0 Å². The monoisotopic (exact) mass is 300 g/mol. The number of carbonyl (C=O) groups is 1. The molecule has 0 saturated heterocycles. The number of nitrogens with one attached hydrogen (secondary N) is 2. The summed E-state index contributed by atoms with van der Waals surface area (Å²) in [6.07, 6.45) is 0. The molecule has 1 aromatic carbocycles. The van der Waals surface area contributed by atoms with Crippen LogP contribution in [0.25, 0.3) is 0 Å². The van der Waals surface area contributed by atoms with Crippen LogP contribution in [0.5, 0.6) is 11.5 Å². The van der Waals surface area contributed by atoms with Crippen molar-refractivity contribution >= 4 is 23.2 Å². The number of ether oxygens (including phenoxy) is 2. The van der Waals surface area contributed by atoms with Gasteiger partial charge in [-0.1, -0.05) is 25.4 Å². The summed E-state index contributed by atoms with van der Waals surface area (Å²) in [5.74, 6) is 0.793. The zero-order chi connectivity index (χ0) is 15.1. The number of carbonyl (C=O) groups excluding carboxylic acids is 1. The van der Waals surface area contributed by atoms with Crippen LogP contribution in [0.4, 0.5) is 5.69 Å². The minimum Gasteiger partial charge on any atom is -0.493 e. The Balaban J connectivity index is 2.84. The molecule has 5 nitrogen and oxygen atoms in total. The van der Waals surface area contributed by atoms with Crippen LogP contribution < -0.4 is 20.1 Å². The van der Waals surface area contributed by atoms with E-state index in [0.29, 0.717) is 28.8 Å². The third-order valence-corrected chi connectivity index (χ3v) is 3.19. The van der Waals surface area contributed by atoms with Gasteiger partial charge in [-0.3, -0.25) is 4.79 Å². The Morgan fingerprint density at radius 1 is 1.30 bits per heavy atom. The SMILES string of the molecule is CCNCC(C)C(=O)Nc1cc(OC)c(OC)cc1Cl. The van der Waals surface area contributed by atoms with Gasteiger partial charge in [-0.2, -0.15) is 0 Å². The second-order valence-corrected chi connectivity index (χ2v) is 4.79. The maximum Gasteiger partial charge on any atom is 0.228 e. The highest BCUT2D eigenvalue weighted by Crippen LogP contribution is 2.36. The summed E-state index contributed by atoms with van der Waals surface area (Å²) in [6, 6.07) is 3.27. The lowest BCUT2D eigenvalue weighted by Gasteiger charge is -2.15. The fourth-order valence-corrected chi connectivity index (χ4v) is 1.86. The predicted molar refractivity (Wildman–Crippen MR) is 80.9 cm³/mol. The Hall–Kier alpha value is -1.46. The molecule has 0 aliphatic rings. The van der Waals surface area contributed by atoms with E-state index in [4.69, 9.17) is 21.1 Å². The molecule has 6 heteroatoms. The molecule has 20 heavy (non-hydrogen) atoms. The molecule has 0 spiro atoms. The first-order chi connectivity index (χ1) is 9.53. The normalized spacial score (nSPS) is 11.8. The van der Waals surface area contributed by atoms with Crippen molar-refractivity contribution in [2.24, 2.45) is 5.92 Å². The molecular formula is C14H21ClN2O3. The highest BCUT2D eigenvalue weighted by atomic mass is 35.5. The summed E-state index contributed by atoms with van der Waals surface area (Å²) in [5.41, 5.74) is 0.512. The van der Waals surface area contributed by atoms with Crippen LogP contribution in [0, 0.1) is 5.92 Å². The quantitative estimate of drug-likeness (QED) is 0.812. The molecule has 0 fully saturated rings. The number of hydrogen-bond donors (Lipinski definition) is 2. The topological polar surface area (TPSA) is 59.6 Å². The Bertz CT molecular complexity index is 466. The Labute approximate surface area is 124 Å². The van der Waals surface area contributed by atoms with Crippen molar-refractivity contribution in [1.82, 2.24) is 5.32 Å². The minimum atomic E-state index is -0.154. The number of amides is 1. The summed E-state index contributed by atoms with van der Waals surface area (Å²) in [6.45, 7) is 5.30. The van der Waals surface area contributed by atoms with Crippen molar-refractivity contribution in [3.05, 3.63) is 17.2 Å². The molecule has 0 aromatic heterocycles. The molecular weight excluding hydrogens is 280 g/mol. The first-order valence-corrected chi connectivity index (χ1v) is 6.84. The number of halogens is 1. The first-order valence-electron chi connectivity index (χ1n) is 6.46. The van der Waals surface area contributed by atoms with E-state index in [-0.39, 0.29) is 11.8 Å². The van der Waals surface area contributed by atoms with Crippen LogP contribution >= 0.6 is 11.6 Å². The molecule has 0 saturated carbocycles. The lowest BCUT2D eigenvalue weighted by molar-refractivity contribution is -0.119. The standard InChI is InChI=1S/C14H21ClN2O3/c1-5-16-8-9(2)14(18)17-11-7-13(20-4)12(19-3)6-10(11)15/h6-7,9,16H,5,8H2,1-4H3,(H,17,18). The van der Waals surface area contributed by atoms with Crippen molar-refractivity contribution in [1.29, 1.82) is 0 Å². The minimum absolute atomic E-state index is 0.0972. The number of benzene rings is 1. The van der Waals surface area contributed by atoms with Crippen LogP contribution in [-0.4, -0.2) is 33.2 Å². The van der Waals surface area contributed by atoms with Gasteiger partial charge in [0, 0.05) is 24.6 Å². The molecule has 1 rings (SSSR count). The zero-order valence-corrected chi connectivity index (χ0v) is 13.0. The second kappa shape index (κ2) is 7.97. The van der Waals surface area contributed by atoms with E-state index in [1.54, 1.807) is 12.1 Å². The van der Waals surface area contributed by atoms with Crippen LogP contribution in [0.15, 0.2) is 12.1 Å². The number of rotatable bonds is 7. The maximum absolute atomic E-state index is 12.0. The van der Waals surface area contributed by atoms with E-state index in [1.807, 2.05) is 13.8 Å². The average Bonchev–Trinajstić information content (AvgIpc) is 2.45.